The summed E-state index contributed by atoms with van der Waals surface area (Å²) in [6, 6.07) is 4.64. The number of nitrogens with one attached hydrogen (secondary N) is 1. The lowest BCUT2D eigenvalue weighted by atomic mass is 10.0. The van der Waals surface area contributed by atoms with Gasteiger partial charge < -0.3 is 15.2 Å². The van der Waals surface area contributed by atoms with Crippen LogP contribution in [-0.4, -0.2) is 29.7 Å². The molecule has 0 aliphatic rings. The maximum Gasteiger partial charge on any atom is 0.305 e. The van der Waals surface area contributed by atoms with Gasteiger partial charge in [0.05, 0.1) is 12.5 Å². The monoisotopic (exact) mass is 283 g/mol. The van der Waals surface area contributed by atoms with Crippen molar-refractivity contribution in [3.8, 4) is 0 Å². The third kappa shape index (κ3) is 4.97. The molecule has 0 saturated heterocycles. The molecule has 1 amide bonds. The number of benzene rings is 1. The first-order chi connectivity index (χ1) is 9.43. The Morgan fingerprint density at radius 1 is 1.35 bits per heavy atom. The van der Waals surface area contributed by atoms with Crippen LogP contribution in [0, 0.1) is 5.82 Å². The number of carbonyl (C=O) groups is 2. The number of carboxylic acid groups (broad SMARTS) is 1. The van der Waals surface area contributed by atoms with Crippen LogP contribution in [-0.2, 0) is 14.3 Å². The fourth-order valence-electron chi connectivity index (χ4n) is 1.74. The summed E-state index contributed by atoms with van der Waals surface area (Å²) in [5, 5.41) is 11.5. The van der Waals surface area contributed by atoms with Crippen LogP contribution in [0.2, 0.25) is 0 Å². The first-order valence-electron chi connectivity index (χ1n) is 6.33. The Balaban J connectivity index is 2.81. The number of carboxylic acids is 1. The van der Waals surface area contributed by atoms with Crippen molar-refractivity contribution in [3.05, 3.63) is 35.6 Å². The second-order valence-corrected chi connectivity index (χ2v) is 4.31. The summed E-state index contributed by atoms with van der Waals surface area (Å²) >= 11 is 0. The number of hydrogen-bond acceptors (Lipinski definition) is 3. The molecule has 20 heavy (non-hydrogen) atoms. The lowest BCUT2D eigenvalue weighted by Crippen LogP contribution is -2.38. The van der Waals surface area contributed by atoms with Crippen LogP contribution in [0.4, 0.5) is 4.39 Å². The first kappa shape index (κ1) is 16.1. The number of carbonyl (C=O) groups excluding carboxylic acids is 1. The van der Waals surface area contributed by atoms with E-state index in [-0.39, 0.29) is 6.42 Å². The zero-order valence-electron chi connectivity index (χ0n) is 11.4. The van der Waals surface area contributed by atoms with E-state index in [0.29, 0.717) is 12.2 Å². The van der Waals surface area contributed by atoms with E-state index >= 15 is 0 Å². The lowest BCUT2D eigenvalue weighted by molar-refractivity contribution is -0.138. The SMILES string of the molecule is CCOC(C)C(=O)NC(CC(=O)O)c1ccc(F)cc1. The van der Waals surface area contributed by atoms with Gasteiger partial charge in [-0.25, -0.2) is 4.39 Å². The zero-order valence-corrected chi connectivity index (χ0v) is 11.4. The summed E-state index contributed by atoms with van der Waals surface area (Å²) < 4.78 is 18.0. The third-order valence-corrected chi connectivity index (χ3v) is 2.75. The zero-order chi connectivity index (χ0) is 15.1. The first-order valence-corrected chi connectivity index (χ1v) is 6.33. The number of rotatable bonds is 7. The molecule has 1 rings (SSSR count). The summed E-state index contributed by atoms with van der Waals surface area (Å²) in [5.74, 6) is -1.87. The second kappa shape index (κ2) is 7.59. The smallest absolute Gasteiger partial charge is 0.305 e. The van der Waals surface area contributed by atoms with Gasteiger partial charge in [-0.2, -0.15) is 0 Å². The topological polar surface area (TPSA) is 75.6 Å². The molecule has 0 bridgehead atoms. The van der Waals surface area contributed by atoms with E-state index in [0.717, 1.165) is 0 Å². The Morgan fingerprint density at radius 3 is 2.45 bits per heavy atom. The number of aliphatic carboxylic acids is 1. The highest BCUT2D eigenvalue weighted by molar-refractivity contribution is 5.81. The van der Waals surface area contributed by atoms with Gasteiger partial charge in [0, 0.05) is 6.61 Å². The Labute approximate surface area is 116 Å². The largest absolute Gasteiger partial charge is 0.481 e. The van der Waals surface area contributed by atoms with Crippen LogP contribution in [0.3, 0.4) is 0 Å². The van der Waals surface area contributed by atoms with E-state index in [1.54, 1.807) is 13.8 Å². The maximum absolute atomic E-state index is 12.9. The average molecular weight is 283 g/mol. The standard InChI is InChI=1S/C14H18FNO4/c1-3-20-9(2)14(19)16-12(8-13(17)18)10-4-6-11(15)7-5-10/h4-7,9,12H,3,8H2,1-2H3,(H,16,19)(H,17,18). The minimum Gasteiger partial charge on any atom is -0.481 e. The molecular weight excluding hydrogens is 265 g/mol. The van der Waals surface area contributed by atoms with Gasteiger partial charge in [-0.15, -0.1) is 0 Å². The molecule has 0 spiro atoms. The summed E-state index contributed by atoms with van der Waals surface area (Å²) in [6.45, 7) is 3.73. The van der Waals surface area contributed by atoms with E-state index in [4.69, 9.17) is 9.84 Å². The minimum atomic E-state index is -1.05. The Bertz CT molecular complexity index is 461. The number of amides is 1. The Hall–Kier alpha value is -1.95. The van der Waals surface area contributed by atoms with Crippen molar-refractivity contribution in [2.75, 3.05) is 6.61 Å². The van der Waals surface area contributed by atoms with Crippen molar-refractivity contribution in [1.82, 2.24) is 5.32 Å². The van der Waals surface area contributed by atoms with E-state index in [9.17, 15) is 14.0 Å². The van der Waals surface area contributed by atoms with Crippen LogP contribution >= 0.6 is 0 Å². The number of ether oxygens (including phenoxy) is 1. The van der Waals surface area contributed by atoms with Gasteiger partial charge in [0.25, 0.3) is 0 Å². The van der Waals surface area contributed by atoms with Crippen LogP contribution in [0.1, 0.15) is 31.9 Å². The molecule has 0 fully saturated rings. The van der Waals surface area contributed by atoms with Crippen LogP contribution < -0.4 is 5.32 Å². The number of halogens is 1. The summed E-state index contributed by atoms with van der Waals surface area (Å²) in [4.78, 5) is 22.7. The van der Waals surface area contributed by atoms with Gasteiger partial charge in [0.15, 0.2) is 0 Å². The third-order valence-electron chi connectivity index (χ3n) is 2.75. The molecule has 0 radical (unpaired) electrons. The molecular formula is C14H18FNO4. The van der Waals surface area contributed by atoms with Crippen molar-refractivity contribution >= 4 is 11.9 Å². The maximum atomic E-state index is 12.9. The summed E-state index contributed by atoms with van der Waals surface area (Å²) in [5.41, 5.74) is 0.533. The molecule has 5 nitrogen and oxygen atoms in total. The highest BCUT2D eigenvalue weighted by atomic mass is 19.1. The van der Waals surface area contributed by atoms with Crippen LogP contribution in [0.25, 0.3) is 0 Å². The molecule has 2 atom stereocenters. The molecule has 2 N–H and O–H groups in total. The molecule has 0 aliphatic heterocycles. The molecule has 1 aromatic rings. The predicted octanol–water partition coefficient (Wildman–Crippen LogP) is 1.88. The normalized spacial score (nSPS) is 13.6. The molecule has 0 heterocycles. The fourth-order valence-corrected chi connectivity index (χ4v) is 1.74. The van der Waals surface area contributed by atoms with E-state index in [1.807, 2.05) is 0 Å². The van der Waals surface area contributed by atoms with E-state index in [2.05, 4.69) is 5.32 Å². The Morgan fingerprint density at radius 2 is 1.95 bits per heavy atom. The van der Waals surface area contributed by atoms with Crippen molar-refractivity contribution in [2.45, 2.75) is 32.4 Å². The summed E-state index contributed by atoms with van der Waals surface area (Å²) in [6.07, 6.45) is -0.951. The molecule has 2 unspecified atom stereocenters. The van der Waals surface area contributed by atoms with Gasteiger partial charge in [-0.3, -0.25) is 9.59 Å². The van der Waals surface area contributed by atoms with Gasteiger partial charge >= 0.3 is 5.97 Å². The summed E-state index contributed by atoms with van der Waals surface area (Å²) in [7, 11) is 0. The second-order valence-electron chi connectivity index (χ2n) is 4.31. The van der Waals surface area contributed by atoms with Crippen molar-refractivity contribution in [1.29, 1.82) is 0 Å². The predicted molar refractivity (Wildman–Crippen MR) is 70.6 cm³/mol. The van der Waals surface area contributed by atoms with E-state index in [1.165, 1.54) is 24.3 Å². The molecule has 0 aromatic heterocycles. The molecule has 110 valence electrons. The molecule has 6 heteroatoms. The average Bonchev–Trinajstić information content (AvgIpc) is 2.38. The van der Waals surface area contributed by atoms with Gasteiger partial charge in [0.1, 0.15) is 11.9 Å². The van der Waals surface area contributed by atoms with Crippen LogP contribution in [0.15, 0.2) is 24.3 Å². The van der Waals surface area contributed by atoms with Gasteiger partial charge in [0.2, 0.25) is 5.91 Å². The Kier molecular flexibility index (Phi) is 6.11. The quantitative estimate of drug-likeness (QED) is 0.801. The molecule has 1 aromatic carbocycles. The minimum absolute atomic E-state index is 0.282. The van der Waals surface area contributed by atoms with E-state index < -0.39 is 29.8 Å². The highest BCUT2D eigenvalue weighted by Gasteiger charge is 2.21. The van der Waals surface area contributed by atoms with Crippen LogP contribution in [0.5, 0.6) is 0 Å². The molecule has 0 aliphatic carbocycles. The van der Waals surface area contributed by atoms with Crippen molar-refractivity contribution in [2.24, 2.45) is 0 Å². The number of hydrogen-bond donors (Lipinski definition) is 2. The lowest BCUT2D eigenvalue weighted by Gasteiger charge is -2.20. The fraction of sp³-hybridized carbons (Fsp3) is 0.429. The highest BCUT2D eigenvalue weighted by Crippen LogP contribution is 2.17. The van der Waals surface area contributed by atoms with Gasteiger partial charge in [-0.05, 0) is 31.5 Å². The van der Waals surface area contributed by atoms with Crippen molar-refractivity contribution in [3.63, 3.8) is 0 Å². The molecule has 0 saturated carbocycles. The van der Waals surface area contributed by atoms with Crippen molar-refractivity contribution < 1.29 is 23.8 Å². The van der Waals surface area contributed by atoms with Gasteiger partial charge in [-0.1, -0.05) is 12.1 Å².